The van der Waals surface area contributed by atoms with Crippen LogP contribution in [0.1, 0.15) is 53.6 Å². The second-order valence-corrected chi connectivity index (χ2v) is 6.07. The lowest BCUT2D eigenvalue weighted by Gasteiger charge is -2.29. The van der Waals surface area contributed by atoms with Crippen molar-refractivity contribution in [2.45, 2.75) is 33.6 Å². The second-order valence-electron chi connectivity index (χ2n) is 6.07. The lowest BCUT2D eigenvalue weighted by molar-refractivity contribution is 0.0528. The first-order chi connectivity index (χ1) is 9.93. The van der Waals surface area contributed by atoms with Crippen molar-refractivity contribution in [2.24, 2.45) is 5.41 Å². The standard InChI is InChI=1S/C15H17N3O3/c1-4-21-14(20)10-8-17-18-11-5-15(2,3)6-12(19)9(11)7-16-13(10)18/h7-8H,4-6H2,1-3H3. The van der Waals surface area contributed by atoms with Gasteiger partial charge < -0.3 is 4.74 Å². The van der Waals surface area contributed by atoms with Crippen LogP contribution in [0, 0.1) is 5.41 Å². The van der Waals surface area contributed by atoms with Crippen molar-refractivity contribution in [3.05, 3.63) is 29.2 Å². The van der Waals surface area contributed by atoms with E-state index in [2.05, 4.69) is 23.9 Å². The summed E-state index contributed by atoms with van der Waals surface area (Å²) < 4.78 is 6.60. The molecule has 0 aromatic carbocycles. The van der Waals surface area contributed by atoms with E-state index in [0.29, 0.717) is 29.8 Å². The number of fused-ring (bicyclic) bond motifs is 3. The number of hydrogen-bond donors (Lipinski definition) is 0. The summed E-state index contributed by atoms with van der Waals surface area (Å²) in [5, 5.41) is 4.24. The fraction of sp³-hybridized carbons (Fsp3) is 0.467. The number of nitrogens with zero attached hydrogens (tertiary/aromatic N) is 3. The molecule has 1 aliphatic carbocycles. The minimum atomic E-state index is -0.443. The molecule has 110 valence electrons. The largest absolute Gasteiger partial charge is 0.462 e. The van der Waals surface area contributed by atoms with Gasteiger partial charge in [-0.25, -0.2) is 14.3 Å². The van der Waals surface area contributed by atoms with Crippen molar-refractivity contribution < 1.29 is 14.3 Å². The number of esters is 1. The summed E-state index contributed by atoms with van der Waals surface area (Å²) in [6.07, 6.45) is 4.22. The van der Waals surface area contributed by atoms with Gasteiger partial charge in [-0.1, -0.05) is 13.8 Å². The summed E-state index contributed by atoms with van der Waals surface area (Å²) in [4.78, 5) is 28.3. The van der Waals surface area contributed by atoms with Crippen LogP contribution in [0.5, 0.6) is 0 Å². The van der Waals surface area contributed by atoms with Gasteiger partial charge in [0.15, 0.2) is 11.4 Å². The monoisotopic (exact) mass is 287 g/mol. The van der Waals surface area contributed by atoms with Gasteiger partial charge in [-0.2, -0.15) is 5.10 Å². The zero-order valence-electron chi connectivity index (χ0n) is 12.3. The Morgan fingerprint density at radius 1 is 1.38 bits per heavy atom. The van der Waals surface area contributed by atoms with E-state index in [0.717, 1.165) is 12.1 Å². The van der Waals surface area contributed by atoms with Gasteiger partial charge in [0, 0.05) is 12.6 Å². The molecular weight excluding hydrogens is 270 g/mol. The second kappa shape index (κ2) is 4.65. The average molecular weight is 287 g/mol. The number of ketones is 1. The molecule has 2 aromatic rings. The highest BCUT2D eigenvalue weighted by molar-refractivity contribution is 6.00. The Kier molecular flexibility index (Phi) is 3.04. The Hall–Kier alpha value is -2.24. The molecule has 0 spiro atoms. The number of Topliss-reactive ketones (excluding diaryl/α,β-unsaturated/α-hetero) is 1. The Labute approximate surface area is 122 Å². The molecule has 2 heterocycles. The molecule has 2 aromatic heterocycles. The summed E-state index contributed by atoms with van der Waals surface area (Å²) in [6.45, 7) is 6.15. The molecule has 0 aliphatic heterocycles. The van der Waals surface area contributed by atoms with Crippen LogP contribution >= 0.6 is 0 Å². The third-order valence-electron chi connectivity index (χ3n) is 3.71. The molecule has 1 aliphatic rings. The molecule has 0 saturated carbocycles. The number of carbonyl (C=O) groups is 2. The van der Waals surface area contributed by atoms with Crippen LogP contribution in [0.4, 0.5) is 0 Å². The van der Waals surface area contributed by atoms with Gasteiger partial charge in [0.25, 0.3) is 0 Å². The maximum atomic E-state index is 12.2. The van der Waals surface area contributed by atoms with Crippen LogP contribution in [0.25, 0.3) is 5.65 Å². The normalized spacial score (nSPS) is 16.8. The van der Waals surface area contributed by atoms with E-state index in [9.17, 15) is 9.59 Å². The van der Waals surface area contributed by atoms with Gasteiger partial charge >= 0.3 is 5.97 Å². The van der Waals surface area contributed by atoms with Crippen LogP contribution in [0.3, 0.4) is 0 Å². The zero-order valence-corrected chi connectivity index (χ0v) is 12.3. The van der Waals surface area contributed by atoms with Gasteiger partial charge in [0.1, 0.15) is 5.56 Å². The Bertz CT molecular complexity index is 746. The number of carbonyl (C=O) groups excluding carboxylic acids is 2. The fourth-order valence-electron chi connectivity index (χ4n) is 2.78. The van der Waals surface area contributed by atoms with Crippen LogP contribution < -0.4 is 0 Å². The smallest absolute Gasteiger partial charge is 0.343 e. The SMILES string of the molecule is CCOC(=O)c1cnn2c3c(cnc12)C(=O)CC(C)(C)C3. The zero-order chi connectivity index (χ0) is 15.2. The van der Waals surface area contributed by atoms with Crippen molar-refractivity contribution in [3.8, 4) is 0 Å². The summed E-state index contributed by atoms with van der Waals surface area (Å²) in [7, 11) is 0. The van der Waals surface area contributed by atoms with Crippen molar-refractivity contribution in [1.82, 2.24) is 14.6 Å². The molecule has 0 bridgehead atoms. The minimum absolute atomic E-state index is 0.0730. The molecule has 6 nitrogen and oxygen atoms in total. The molecule has 0 N–H and O–H groups in total. The topological polar surface area (TPSA) is 73.6 Å². The third-order valence-corrected chi connectivity index (χ3v) is 3.71. The Morgan fingerprint density at radius 3 is 2.86 bits per heavy atom. The van der Waals surface area contributed by atoms with E-state index >= 15 is 0 Å². The van der Waals surface area contributed by atoms with E-state index in [1.165, 1.54) is 6.20 Å². The van der Waals surface area contributed by atoms with Crippen LogP contribution in [0.2, 0.25) is 0 Å². The van der Waals surface area contributed by atoms with Crippen LogP contribution in [0.15, 0.2) is 12.4 Å². The summed E-state index contributed by atoms with van der Waals surface area (Å²) in [6, 6.07) is 0. The maximum absolute atomic E-state index is 12.2. The van der Waals surface area contributed by atoms with E-state index in [1.807, 2.05) is 0 Å². The Balaban J connectivity index is 2.17. The predicted octanol–water partition coefficient (Wildman–Crippen LogP) is 2.06. The van der Waals surface area contributed by atoms with Crippen molar-refractivity contribution in [1.29, 1.82) is 0 Å². The summed E-state index contributed by atoms with van der Waals surface area (Å²) >= 11 is 0. The van der Waals surface area contributed by atoms with E-state index in [4.69, 9.17) is 4.74 Å². The number of hydrogen-bond acceptors (Lipinski definition) is 5. The van der Waals surface area contributed by atoms with Gasteiger partial charge in [-0.05, 0) is 18.8 Å². The lowest BCUT2D eigenvalue weighted by Crippen LogP contribution is -2.29. The molecule has 0 amide bonds. The summed E-state index contributed by atoms with van der Waals surface area (Å²) in [5.74, 6) is -0.370. The average Bonchev–Trinajstić information content (AvgIpc) is 2.81. The van der Waals surface area contributed by atoms with Crippen molar-refractivity contribution in [2.75, 3.05) is 6.61 Å². The highest BCUT2D eigenvalue weighted by atomic mass is 16.5. The van der Waals surface area contributed by atoms with Gasteiger partial charge in [0.2, 0.25) is 0 Å². The van der Waals surface area contributed by atoms with Gasteiger partial charge in [0.05, 0.1) is 24.1 Å². The molecule has 3 rings (SSSR count). The molecule has 0 atom stereocenters. The molecule has 0 radical (unpaired) electrons. The molecule has 21 heavy (non-hydrogen) atoms. The fourth-order valence-corrected chi connectivity index (χ4v) is 2.78. The first-order valence-corrected chi connectivity index (χ1v) is 6.99. The summed E-state index contributed by atoms with van der Waals surface area (Å²) in [5.41, 5.74) is 2.07. The van der Waals surface area contributed by atoms with E-state index < -0.39 is 5.97 Å². The molecule has 0 saturated heterocycles. The molecule has 0 unspecified atom stereocenters. The first kappa shape index (κ1) is 13.7. The van der Waals surface area contributed by atoms with Gasteiger partial charge in [-0.15, -0.1) is 0 Å². The van der Waals surface area contributed by atoms with Crippen molar-refractivity contribution in [3.63, 3.8) is 0 Å². The maximum Gasteiger partial charge on any atom is 0.343 e. The van der Waals surface area contributed by atoms with E-state index in [-0.39, 0.29) is 11.2 Å². The number of ether oxygens (including phenoxy) is 1. The van der Waals surface area contributed by atoms with Crippen LogP contribution in [-0.2, 0) is 11.2 Å². The Morgan fingerprint density at radius 2 is 2.14 bits per heavy atom. The molecular formula is C15H17N3O3. The predicted molar refractivity (Wildman–Crippen MR) is 75.4 cm³/mol. The van der Waals surface area contributed by atoms with E-state index in [1.54, 1.807) is 17.6 Å². The molecule has 0 fully saturated rings. The third kappa shape index (κ3) is 2.20. The van der Waals surface area contributed by atoms with Crippen molar-refractivity contribution >= 4 is 17.4 Å². The number of rotatable bonds is 2. The lowest BCUT2D eigenvalue weighted by atomic mass is 9.76. The van der Waals surface area contributed by atoms with Crippen LogP contribution in [-0.4, -0.2) is 33.0 Å². The van der Waals surface area contributed by atoms with Gasteiger partial charge in [-0.3, -0.25) is 4.79 Å². The quantitative estimate of drug-likeness (QED) is 0.790. The highest BCUT2D eigenvalue weighted by Gasteiger charge is 2.33. The highest BCUT2D eigenvalue weighted by Crippen LogP contribution is 2.34. The minimum Gasteiger partial charge on any atom is -0.462 e. The number of aromatic nitrogens is 3. The first-order valence-electron chi connectivity index (χ1n) is 6.99. The molecule has 6 heteroatoms.